The summed E-state index contributed by atoms with van der Waals surface area (Å²) < 4.78 is 0. The van der Waals surface area contributed by atoms with Crippen LogP contribution in [0.2, 0.25) is 0 Å². The molecule has 0 spiro atoms. The zero-order valence-electron chi connectivity index (χ0n) is 14.1. The Bertz CT molecular complexity index is 611. The second-order valence-electron chi connectivity index (χ2n) is 6.97. The molecule has 1 aromatic heterocycles. The number of anilines is 1. The summed E-state index contributed by atoms with van der Waals surface area (Å²) in [4.78, 5) is 7.13. The van der Waals surface area contributed by atoms with Gasteiger partial charge in [0.1, 0.15) is 5.82 Å². The number of para-hydroxylation sites is 1. The van der Waals surface area contributed by atoms with Crippen molar-refractivity contribution in [3.05, 3.63) is 35.9 Å². The summed E-state index contributed by atoms with van der Waals surface area (Å²) in [6, 6.07) is 11.0. The lowest BCUT2D eigenvalue weighted by Gasteiger charge is -2.27. The zero-order valence-corrected chi connectivity index (χ0v) is 14.1. The summed E-state index contributed by atoms with van der Waals surface area (Å²) in [6.07, 6.45) is 0. The van der Waals surface area contributed by atoms with Crippen molar-refractivity contribution in [3.8, 4) is 0 Å². The van der Waals surface area contributed by atoms with Gasteiger partial charge in [-0.3, -0.25) is 0 Å². The Morgan fingerprint density at radius 1 is 1.19 bits per heavy atom. The average molecular weight is 285 g/mol. The number of fused-ring (bicyclic) bond motifs is 1. The van der Waals surface area contributed by atoms with Crippen LogP contribution < -0.4 is 10.2 Å². The highest BCUT2D eigenvalue weighted by atomic mass is 15.2. The van der Waals surface area contributed by atoms with Gasteiger partial charge in [-0.1, -0.05) is 18.2 Å². The summed E-state index contributed by atoms with van der Waals surface area (Å²) in [5, 5.41) is 4.77. The summed E-state index contributed by atoms with van der Waals surface area (Å²) in [6.45, 7) is 11.8. The van der Waals surface area contributed by atoms with Crippen molar-refractivity contribution in [2.45, 2.75) is 52.7 Å². The van der Waals surface area contributed by atoms with Crippen LogP contribution in [0.3, 0.4) is 0 Å². The molecule has 0 saturated heterocycles. The molecule has 2 aromatic rings. The number of nitrogens with zero attached hydrogens (tertiary/aromatic N) is 2. The molecule has 0 atom stereocenters. The molecule has 0 bridgehead atoms. The van der Waals surface area contributed by atoms with Crippen LogP contribution in [-0.4, -0.2) is 23.6 Å². The largest absolute Gasteiger partial charge is 0.357 e. The van der Waals surface area contributed by atoms with Crippen LogP contribution in [0.1, 0.15) is 40.2 Å². The number of aromatic nitrogens is 1. The third kappa shape index (κ3) is 3.94. The van der Waals surface area contributed by atoms with Gasteiger partial charge >= 0.3 is 0 Å². The number of rotatable bonds is 4. The molecule has 3 heteroatoms. The molecule has 114 valence electrons. The second-order valence-corrected chi connectivity index (χ2v) is 6.97. The highest BCUT2D eigenvalue weighted by Gasteiger charge is 2.16. The Hall–Kier alpha value is -1.61. The SMILES string of the molecule is CC(C)N(C)c1nc2ccccc2cc1CNC(C)(C)C. The first-order chi connectivity index (χ1) is 9.78. The van der Waals surface area contributed by atoms with Crippen LogP contribution in [-0.2, 0) is 6.54 Å². The van der Waals surface area contributed by atoms with Gasteiger partial charge in [0.15, 0.2) is 0 Å². The number of benzene rings is 1. The Morgan fingerprint density at radius 3 is 2.48 bits per heavy atom. The molecule has 1 aromatic carbocycles. The third-order valence-corrected chi connectivity index (χ3v) is 3.70. The minimum Gasteiger partial charge on any atom is -0.357 e. The lowest BCUT2D eigenvalue weighted by Crippen LogP contribution is -2.36. The Balaban J connectivity index is 2.46. The van der Waals surface area contributed by atoms with E-state index in [1.165, 1.54) is 10.9 Å². The van der Waals surface area contributed by atoms with Gasteiger partial charge < -0.3 is 10.2 Å². The van der Waals surface area contributed by atoms with Gasteiger partial charge in [0.2, 0.25) is 0 Å². The van der Waals surface area contributed by atoms with Crippen molar-refractivity contribution in [2.75, 3.05) is 11.9 Å². The van der Waals surface area contributed by atoms with E-state index >= 15 is 0 Å². The Labute approximate surface area is 128 Å². The van der Waals surface area contributed by atoms with Crippen molar-refractivity contribution in [2.24, 2.45) is 0 Å². The summed E-state index contributed by atoms with van der Waals surface area (Å²) in [5.74, 6) is 1.07. The van der Waals surface area contributed by atoms with Crippen molar-refractivity contribution >= 4 is 16.7 Å². The molecule has 0 saturated carbocycles. The number of pyridine rings is 1. The van der Waals surface area contributed by atoms with Crippen molar-refractivity contribution < 1.29 is 0 Å². The van der Waals surface area contributed by atoms with Crippen molar-refractivity contribution in [3.63, 3.8) is 0 Å². The highest BCUT2D eigenvalue weighted by Crippen LogP contribution is 2.24. The zero-order chi connectivity index (χ0) is 15.6. The van der Waals surface area contributed by atoms with E-state index in [1.54, 1.807) is 0 Å². The smallest absolute Gasteiger partial charge is 0.133 e. The van der Waals surface area contributed by atoms with Crippen LogP contribution in [0.25, 0.3) is 10.9 Å². The molecule has 2 rings (SSSR count). The molecule has 1 heterocycles. The van der Waals surface area contributed by atoms with Gasteiger partial charge in [-0.25, -0.2) is 4.98 Å². The minimum atomic E-state index is 0.0965. The molecule has 0 radical (unpaired) electrons. The quantitative estimate of drug-likeness (QED) is 0.921. The van der Waals surface area contributed by atoms with Crippen molar-refractivity contribution in [1.29, 1.82) is 0 Å². The summed E-state index contributed by atoms with van der Waals surface area (Å²) >= 11 is 0. The molecule has 0 aliphatic heterocycles. The number of hydrogen-bond acceptors (Lipinski definition) is 3. The van der Waals surface area contributed by atoms with Crippen LogP contribution in [0, 0.1) is 0 Å². The maximum atomic E-state index is 4.88. The lowest BCUT2D eigenvalue weighted by atomic mass is 10.1. The van der Waals surface area contributed by atoms with E-state index in [0.29, 0.717) is 6.04 Å². The van der Waals surface area contributed by atoms with E-state index in [4.69, 9.17) is 4.98 Å². The summed E-state index contributed by atoms with van der Waals surface area (Å²) in [7, 11) is 2.11. The van der Waals surface area contributed by atoms with Crippen LogP contribution in [0.15, 0.2) is 30.3 Å². The lowest BCUT2D eigenvalue weighted by molar-refractivity contribution is 0.424. The second kappa shape index (κ2) is 6.02. The predicted molar refractivity (Wildman–Crippen MR) is 91.9 cm³/mol. The van der Waals surface area contributed by atoms with E-state index in [2.05, 4.69) is 76.1 Å². The number of nitrogens with one attached hydrogen (secondary N) is 1. The molecule has 0 unspecified atom stereocenters. The van der Waals surface area contributed by atoms with E-state index in [-0.39, 0.29) is 5.54 Å². The van der Waals surface area contributed by atoms with Crippen LogP contribution in [0.4, 0.5) is 5.82 Å². The average Bonchev–Trinajstić information content (AvgIpc) is 2.42. The fourth-order valence-corrected chi connectivity index (χ4v) is 2.19. The summed E-state index contributed by atoms with van der Waals surface area (Å²) in [5.41, 5.74) is 2.40. The first kappa shape index (κ1) is 15.8. The van der Waals surface area contributed by atoms with Gasteiger partial charge in [-0.15, -0.1) is 0 Å². The maximum Gasteiger partial charge on any atom is 0.133 e. The topological polar surface area (TPSA) is 28.2 Å². The third-order valence-electron chi connectivity index (χ3n) is 3.70. The van der Waals surface area contributed by atoms with Gasteiger partial charge in [0, 0.05) is 36.1 Å². The monoisotopic (exact) mass is 285 g/mol. The maximum absolute atomic E-state index is 4.88. The first-order valence-corrected chi connectivity index (χ1v) is 7.64. The normalized spacial score (nSPS) is 12.1. The standard InChI is InChI=1S/C18H27N3/c1-13(2)21(6)17-15(12-19-18(3,4)5)11-14-9-7-8-10-16(14)20-17/h7-11,13,19H,12H2,1-6H3. The fourth-order valence-electron chi connectivity index (χ4n) is 2.19. The van der Waals surface area contributed by atoms with Crippen molar-refractivity contribution in [1.82, 2.24) is 10.3 Å². The van der Waals surface area contributed by atoms with Crippen LogP contribution >= 0.6 is 0 Å². The van der Waals surface area contributed by atoms with Crippen LogP contribution in [0.5, 0.6) is 0 Å². The molecule has 0 aliphatic rings. The van der Waals surface area contributed by atoms with E-state index < -0.39 is 0 Å². The Morgan fingerprint density at radius 2 is 1.86 bits per heavy atom. The van der Waals surface area contributed by atoms with Gasteiger partial charge in [0.05, 0.1) is 5.52 Å². The minimum absolute atomic E-state index is 0.0965. The van der Waals surface area contributed by atoms with E-state index in [1.807, 2.05) is 6.07 Å². The highest BCUT2D eigenvalue weighted by molar-refractivity contribution is 5.81. The molecule has 3 nitrogen and oxygen atoms in total. The van der Waals surface area contributed by atoms with Gasteiger partial charge in [-0.05, 0) is 46.8 Å². The fraction of sp³-hybridized carbons (Fsp3) is 0.500. The molecule has 1 N–H and O–H groups in total. The first-order valence-electron chi connectivity index (χ1n) is 7.64. The molecule has 0 amide bonds. The van der Waals surface area contributed by atoms with Gasteiger partial charge in [-0.2, -0.15) is 0 Å². The Kier molecular flexibility index (Phi) is 4.52. The molecule has 21 heavy (non-hydrogen) atoms. The van der Waals surface area contributed by atoms with E-state index in [9.17, 15) is 0 Å². The molecule has 0 aliphatic carbocycles. The number of hydrogen-bond donors (Lipinski definition) is 1. The van der Waals surface area contributed by atoms with Gasteiger partial charge in [0.25, 0.3) is 0 Å². The molecular formula is C18H27N3. The molecular weight excluding hydrogens is 258 g/mol. The van der Waals surface area contributed by atoms with E-state index in [0.717, 1.165) is 17.9 Å². The molecule has 0 fully saturated rings. The predicted octanol–water partition coefficient (Wildman–Crippen LogP) is 3.97.